The molecule has 2 aromatic heterocycles. The van der Waals surface area contributed by atoms with Crippen LogP contribution < -0.4 is 10.3 Å². The molecule has 0 N–H and O–H groups in total. The molecule has 5 heteroatoms. The fourth-order valence-corrected chi connectivity index (χ4v) is 1.51. The molecule has 4 nitrogen and oxygen atoms in total. The number of hydrogen-bond acceptors (Lipinski definition) is 3. The summed E-state index contributed by atoms with van der Waals surface area (Å²) in [6, 6.07) is 6.58. The molecule has 0 aliphatic carbocycles. The minimum atomic E-state index is -0.131. The maximum Gasteiger partial charge on any atom is 0.255 e. The van der Waals surface area contributed by atoms with Gasteiger partial charge < -0.3 is 4.74 Å². The summed E-state index contributed by atoms with van der Waals surface area (Å²) < 4.78 is 6.50. The van der Waals surface area contributed by atoms with Gasteiger partial charge in [0, 0.05) is 18.3 Å². The van der Waals surface area contributed by atoms with Gasteiger partial charge in [0.1, 0.15) is 0 Å². The number of rotatable bonds is 2. The fourth-order valence-electron chi connectivity index (χ4n) is 1.33. The molecular formula is C11H9ClN2O2. The van der Waals surface area contributed by atoms with E-state index in [1.165, 1.54) is 23.9 Å². The van der Waals surface area contributed by atoms with Crippen molar-refractivity contribution in [1.82, 2.24) is 9.55 Å². The maximum atomic E-state index is 11.6. The van der Waals surface area contributed by atoms with Crippen molar-refractivity contribution >= 4 is 11.6 Å². The normalized spacial score (nSPS) is 10.1. The SMILES string of the molecule is COc1cc(-n2ccccc2=O)cnc1Cl. The van der Waals surface area contributed by atoms with Crippen LogP contribution in [-0.2, 0) is 0 Å². The number of methoxy groups -OCH3 is 1. The topological polar surface area (TPSA) is 44.1 Å². The average Bonchev–Trinajstić information content (AvgIpc) is 2.31. The first-order valence-electron chi connectivity index (χ1n) is 4.60. The molecule has 0 unspecified atom stereocenters. The lowest BCUT2D eigenvalue weighted by Crippen LogP contribution is -2.15. The minimum absolute atomic E-state index is 0.131. The van der Waals surface area contributed by atoms with E-state index in [2.05, 4.69) is 4.98 Å². The Bertz CT molecular complexity index is 566. The van der Waals surface area contributed by atoms with Gasteiger partial charge in [0.25, 0.3) is 5.56 Å². The van der Waals surface area contributed by atoms with Gasteiger partial charge in [-0.3, -0.25) is 9.36 Å². The smallest absolute Gasteiger partial charge is 0.255 e. The molecule has 2 aromatic rings. The van der Waals surface area contributed by atoms with Crippen molar-refractivity contribution in [2.75, 3.05) is 7.11 Å². The number of hydrogen-bond donors (Lipinski definition) is 0. The van der Waals surface area contributed by atoms with Gasteiger partial charge in [-0.1, -0.05) is 17.7 Å². The molecule has 2 heterocycles. The van der Waals surface area contributed by atoms with Crippen LogP contribution in [0.5, 0.6) is 5.75 Å². The molecule has 0 saturated carbocycles. The molecule has 0 bridgehead atoms. The van der Waals surface area contributed by atoms with Crippen LogP contribution in [0.4, 0.5) is 0 Å². The minimum Gasteiger partial charge on any atom is -0.493 e. The van der Waals surface area contributed by atoms with E-state index in [-0.39, 0.29) is 10.7 Å². The van der Waals surface area contributed by atoms with Crippen LogP contribution in [0.1, 0.15) is 0 Å². The average molecular weight is 237 g/mol. The maximum absolute atomic E-state index is 11.6. The van der Waals surface area contributed by atoms with Crippen LogP contribution in [0.3, 0.4) is 0 Å². The third-order valence-electron chi connectivity index (χ3n) is 2.11. The molecular weight excluding hydrogens is 228 g/mol. The van der Waals surface area contributed by atoms with Gasteiger partial charge in [-0.25, -0.2) is 4.98 Å². The second-order valence-electron chi connectivity index (χ2n) is 3.10. The van der Waals surface area contributed by atoms with Crippen molar-refractivity contribution in [2.45, 2.75) is 0 Å². The molecule has 0 amide bonds. The molecule has 0 fully saturated rings. The van der Waals surface area contributed by atoms with Crippen molar-refractivity contribution in [2.24, 2.45) is 0 Å². The Morgan fingerprint density at radius 3 is 2.94 bits per heavy atom. The Morgan fingerprint density at radius 1 is 1.44 bits per heavy atom. The third-order valence-corrected chi connectivity index (χ3v) is 2.40. The van der Waals surface area contributed by atoms with Crippen molar-refractivity contribution in [3.05, 3.63) is 52.2 Å². The van der Waals surface area contributed by atoms with E-state index in [1.807, 2.05) is 0 Å². The van der Waals surface area contributed by atoms with Crippen LogP contribution >= 0.6 is 11.6 Å². The highest BCUT2D eigenvalue weighted by atomic mass is 35.5. The molecule has 0 radical (unpaired) electrons. The van der Waals surface area contributed by atoms with Crippen molar-refractivity contribution in [3.8, 4) is 11.4 Å². The highest BCUT2D eigenvalue weighted by Crippen LogP contribution is 2.23. The Morgan fingerprint density at radius 2 is 2.25 bits per heavy atom. The number of aromatic nitrogens is 2. The van der Waals surface area contributed by atoms with Crippen LogP contribution in [0.2, 0.25) is 5.15 Å². The van der Waals surface area contributed by atoms with E-state index in [0.717, 1.165) is 0 Å². The Balaban J connectivity index is 2.57. The summed E-state index contributed by atoms with van der Waals surface area (Å²) in [5, 5.41) is 0.273. The van der Waals surface area contributed by atoms with Gasteiger partial charge in [0.2, 0.25) is 0 Å². The summed E-state index contributed by atoms with van der Waals surface area (Å²) in [7, 11) is 1.50. The second-order valence-corrected chi connectivity index (χ2v) is 3.45. The summed E-state index contributed by atoms with van der Waals surface area (Å²) >= 11 is 5.80. The summed E-state index contributed by atoms with van der Waals surface area (Å²) in [5.74, 6) is 0.440. The van der Waals surface area contributed by atoms with Gasteiger partial charge in [0.05, 0.1) is 19.0 Å². The summed E-state index contributed by atoms with van der Waals surface area (Å²) in [6.45, 7) is 0. The first-order valence-corrected chi connectivity index (χ1v) is 4.98. The molecule has 0 aliphatic rings. The summed E-state index contributed by atoms with van der Waals surface area (Å²) in [4.78, 5) is 15.5. The first kappa shape index (κ1) is 10.7. The van der Waals surface area contributed by atoms with Crippen LogP contribution in [0.25, 0.3) is 5.69 Å². The molecule has 16 heavy (non-hydrogen) atoms. The third kappa shape index (κ3) is 1.92. The standard InChI is InChI=1S/C11H9ClN2O2/c1-16-9-6-8(7-13-11(9)12)14-5-3-2-4-10(14)15/h2-7H,1H3. The van der Waals surface area contributed by atoms with E-state index in [4.69, 9.17) is 16.3 Å². The predicted molar refractivity (Wildman–Crippen MR) is 61.4 cm³/mol. The van der Waals surface area contributed by atoms with E-state index < -0.39 is 0 Å². The summed E-state index contributed by atoms with van der Waals surface area (Å²) in [6.07, 6.45) is 3.18. The highest BCUT2D eigenvalue weighted by molar-refractivity contribution is 6.30. The van der Waals surface area contributed by atoms with E-state index in [0.29, 0.717) is 11.4 Å². The van der Waals surface area contributed by atoms with Gasteiger partial charge in [-0.15, -0.1) is 0 Å². The fraction of sp³-hybridized carbons (Fsp3) is 0.0909. The molecule has 0 saturated heterocycles. The lowest BCUT2D eigenvalue weighted by atomic mass is 10.3. The predicted octanol–water partition coefficient (Wildman–Crippen LogP) is 1.89. The largest absolute Gasteiger partial charge is 0.493 e. The zero-order chi connectivity index (χ0) is 11.5. The van der Waals surface area contributed by atoms with Gasteiger partial charge >= 0.3 is 0 Å². The monoisotopic (exact) mass is 236 g/mol. The lowest BCUT2D eigenvalue weighted by Gasteiger charge is -2.07. The second kappa shape index (κ2) is 4.37. The molecule has 0 atom stereocenters. The zero-order valence-electron chi connectivity index (χ0n) is 8.55. The molecule has 82 valence electrons. The van der Waals surface area contributed by atoms with Gasteiger partial charge in [-0.2, -0.15) is 0 Å². The number of nitrogens with zero attached hydrogens (tertiary/aromatic N) is 2. The number of halogens is 1. The van der Waals surface area contributed by atoms with E-state index in [9.17, 15) is 4.79 Å². The number of ether oxygens (including phenoxy) is 1. The molecule has 0 aromatic carbocycles. The quantitative estimate of drug-likeness (QED) is 0.748. The van der Waals surface area contributed by atoms with Crippen LogP contribution in [-0.4, -0.2) is 16.7 Å². The van der Waals surface area contributed by atoms with Crippen molar-refractivity contribution in [1.29, 1.82) is 0 Å². The molecule has 0 aliphatic heterocycles. The summed E-state index contributed by atoms with van der Waals surface area (Å²) in [5.41, 5.74) is 0.487. The van der Waals surface area contributed by atoms with Gasteiger partial charge in [-0.05, 0) is 6.07 Å². The van der Waals surface area contributed by atoms with E-state index >= 15 is 0 Å². The highest BCUT2D eigenvalue weighted by Gasteiger charge is 2.05. The van der Waals surface area contributed by atoms with E-state index in [1.54, 1.807) is 24.4 Å². The van der Waals surface area contributed by atoms with Gasteiger partial charge in [0.15, 0.2) is 10.9 Å². The van der Waals surface area contributed by atoms with Crippen LogP contribution in [0.15, 0.2) is 41.5 Å². The van der Waals surface area contributed by atoms with Crippen molar-refractivity contribution < 1.29 is 4.74 Å². The molecule has 2 rings (SSSR count). The Hall–Kier alpha value is -1.81. The van der Waals surface area contributed by atoms with Crippen molar-refractivity contribution in [3.63, 3.8) is 0 Å². The number of pyridine rings is 2. The Labute approximate surface area is 97.1 Å². The van der Waals surface area contributed by atoms with Crippen LogP contribution in [0, 0.1) is 0 Å². The molecule has 0 spiro atoms. The zero-order valence-corrected chi connectivity index (χ0v) is 9.31. The Kier molecular flexibility index (Phi) is 2.92. The first-order chi connectivity index (χ1) is 7.72. The lowest BCUT2D eigenvalue weighted by molar-refractivity contribution is 0.413.